The molecule has 0 saturated carbocycles. The van der Waals surface area contributed by atoms with Gasteiger partial charge in [-0.15, -0.1) is 0 Å². The molecule has 9 heteroatoms. The molecule has 8 nitrogen and oxygen atoms in total. The van der Waals surface area contributed by atoms with Crippen LogP contribution < -0.4 is 10.6 Å². The molecule has 0 fully saturated rings. The Morgan fingerprint density at radius 2 is 1.61 bits per heavy atom. The molecule has 1 heterocycles. The molecule has 0 atom stereocenters. The van der Waals surface area contributed by atoms with E-state index < -0.39 is 22.5 Å². The van der Waals surface area contributed by atoms with Gasteiger partial charge >= 0.3 is 5.97 Å². The predicted molar refractivity (Wildman–Crippen MR) is 126 cm³/mol. The summed E-state index contributed by atoms with van der Waals surface area (Å²) in [5.74, 6) is -1.48. The predicted octanol–water partition coefficient (Wildman–Crippen LogP) is 3.32. The van der Waals surface area contributed by atoms with E-state index >= 15 is 0 Å². The number of para-hydroxylation sites is 1. The van der Waals surface area contributed by atoms with Crippen LogP contribution in [0.1, 0.15) is 11.1 Å². The molecule has 1 aliphatic heterocycles. The van der Waals surface area contributed by atoms with E-state index in [1.807, 2.05) is 54.6 Å². The van der Waals surface area contributed by atoms with Crippen LogP contribution >= 0.6 is 0 Å². The summed E-state index contributed by atoms with van der Waals surface area (Å²) in [6, 6.07) is 22.7. The second-order valence-corrected chi connectivity index (χ2v) is 9.46. The molecule has 3 aromatic carbocycles. The first-order valence-electron chi connectivity index (χ1n) is 10.0. The number of hydrogen-bond donors (Lipinski definition) is 3. The number of nitrogens with one attached hydrogen (secondary N) is 2. The largest absolute Gasteiger partial charge is 0.480 e. The molecule has 0 bridgehead atoms. The quantitative estimate of drug-likeness (QED) is 0.463. The number of carboxylic acid groups (broad SMARTS) is 1. The van der Waals surface area contributed by atoms with Gasteiger partial charge in [0.15, 0.2) is 0 Å². The van der Waals surface area contributed by atoms with Crippen molar-refractivity contribution < 1.29 is 23.1 Å². The van der Waals surface area contributed by atoms with Crippen molar-refractivity contribution >= 4 is 44.5 Å². The zero-order valence-electron chi connectivity index (χ0n) is 17.6. The molecule has 1 aliphatic rings. The first-order chi connectivity index (χ1) is 15.8. The number of sulfonamides is 1. The molecule has 3 N–H and O–H groups in total. The van der Waals surface area contributed by atoms with Crippen molar-refractivity contribution in [2.45, 2.75) is 4.90 Å². The van der Waals surface area contributed by atoms with E-state index in [4.69, 9.17) is 5.11 Å². The lowest BCUT2D eigenvalue weighted by atomic mass is 10.00. The fraction of sp³-hybridized carbons (Fsp3) is 0.0833. The fourth-order valence-electron chi connectivity index (χ4n) is 3.56. The molecule has 0 saturated heterocycles. The SMILES string of the molecule is CN(CC(=O)O)S(=O)(=O)c1ccc(N/C(=C2\C(=O)Nc3ccccc32)c2ccccc2)cc1. The highest BCUT2D eigenvalue weighted by molar-refractivity contribution is 7.89. The Bertz CT molecular complexity index is 1350. The van der Waals surface area contributed by atoms with Crippen LogP contribution in [0.2, 0.25) is 0 Å². The van der Waals surface area contributed by atoms with Gasteiger partial charge in [-0.1, -0.05) is 48.5 Å². The van der Waals surface area contributed by atoms with Crippen LogP contribution in [0.5, 0.6) is 0 Å². The summed E-state index contributed by atoms with van der Waals surface area (Å²) in [6.07, 6.45) is 0. The van der Waals surface area contributed by atoms with Gasteiger partial charge in [0.05, 0.1) is 16.2 Å². The average Bonchev–Trinajstić information content (AvgIpc) is 3.13. The second-order valence-electron chi connectivity index (χ2n) is 7.42. The summed E-state index contributed by atoms with van der Waals surface area (Å²) < 4.78 is 26.0. The molecule has 0 aliphatic carbocycles. The van der Waals surface area contributed by atoms with Crippen molar-refractivity contribution in [2.75, 3.05) is 24.2 Å². The van der Waals surface area contributed by atoms with Gasteiger partial charge in [0, 0.05) is 24.0 Å². The third-order valence-corrected chi connectivity index (χ3v) is 6.99. The fourth-order valence-corrected chi connectivity index (χ4v) is 4.68. The highest BCUT2D eigenvalue weighted by atomic mass is 32.2. The molecular weight excluding hydrogens is 442 g/mol. The van der Waals surface area contributed by atoms with Crippen molar-refractivity contribution in [2.24, 2.45) is 0 Å². The highest BCUT2D eigenvalue weighted by Gasteiger charge is 2.28. The van der Waals surface area contributed by atoms with Crippen LogP contribution in [-0.2, 0) is 19.6 Å². The van der Waals surface area contributed by atoms with Crippen molar-refractivity contribution in [3.05, 3.63) is 90.0 Å². The van der Waals surface area contributed by atoms with E-state index in [9.17, 15) is 18.0 Å². The summed E-state index contributed by atoms with van der Waals surface area (Å²) in [4.78, 5) is 23.7. The number of amides is 1. The molecule has 168 valence electrons. The Labute approximate surface area is 191 Å². The number of fused-ring (bicyclic) bond motifs is 1. The molecule has 1 amide bonds. The number of aliphatic carboxylic acids is 1. The van der Waals surface area contributed by atoms with Gasteiger partial charge in [-0.2, -0.15) is 4.31 Å². The summed E-state index contributed by atoms with van der Waals surface area (Å²) in [5, 5.41) is 15.0. The van der Waals surface area contributed by atoms with Crippen LogP contribution in [0.25, 0.3) is 11.3 Å². The van der Waals surface area contributed by atoms with Crippen LogP contribution in [-0.4, -0.2) is 43.3 Å². The smallest absolute Gasteiger partial charge is 0.318 e. The average molecular weight is 464 g/mol. The van der Waals surface area contributed by atoms with Gasteiger partial charge < -0.3 is 15.7 Å². The Morgan fingerprint density at radius 1 is 0.970 bits per heavy atom. The first-order valence-corrected chi connectivity index (χ1v) is 11.5. The number of carboxylic acids is 1. The van der Waals surface area contributed by atoms with Crippen molar-refractivity contribution in [1.82, 2.24) is 4.31 Å². The summed E-state index contributed by atoms with van der Waals surface area (Å²) >= 11 is 0. The van der Waals surface area contributed by atoms with E-state index in [1.165, 1.54) is 19.2 Å². The van der Waals surface area contributed by atoms with E-state index in [0.29, 0.717) is 17.0 Å². The third-order valence-electron chi connectivity index (χ3n) is 5.17. The number of nitrogens with zero attached hydrogens (tertiary/aromatic N) is 1. The van der Waals surface area contributed by atoms with Crippen LogP contribution in [0, 0.1) is 0 Å². The Balaban J connectivity index is 1.72. The standard InChI is InChI=1S/C24H21N3O5S/c1-27(15-21(28)29)33(31,32)18-13-11-17(12-14-18)25-23(16-7-3-2-4-8-16)22-19-9-5-6-10-20(19)26-24(22)30/h2-14,25H,15H2,1H3,(H,26,30)(H,28,29)/b23-22-. The zero-order chi connectivity index (χ0) is 23.6. The summed E-state index contributed by atoms with van der Waals surface area (Å²) in [7, 11) is -2.74. The van der Waals surface area contributed by atoms with Gasteiger partial charge in [0.1, 0.15) is 6.54 Å². The normalized spacial score (nSPS) is 14.5. The van der Waals surface area contributed by atoms with Crippen LogP contribution in [0.4, 0.5) is 11.4 Å². The molecular formula is C24H21N3O5S. The monoisotopic (exact) mass is 463 g/mol. The lowest BCUT2D eigenvalue weighted by molar-refractivity contribution is -0.137. The maximum Gasteiger partial charge on any atom is 0.318 e. The second kappa shape index (κ2) is 8.89. The number of anilines is 2. The lowest BCUT2D eigenvalue weighted by Gasteiger charge is -2.17. The third kappa shape index (κ3) is 4.50. The Kier molecular flexibility index (Phi) is 5.99. The van der Waals surface area contributed by atoms with E-state index in [1.54, 1.807) is 12.1 Å². The molecule has 0 radical (unpaired) electrons. The lowest BCUT2D eigenvalue weighted by Crippen LogP contribution is -2.32. The van der Waals surface area contributed by atoms with Crippen molar-refractivity contribution in [3.8, 4) is 0 Å². The van der Waals surface area contributed by atoms with E-state index in [-0.39, 0.29) is 10.8 Å². The molecule has 3 aromatic rings. The highest BCUT2D eigenvalue weighted by Crippen LogP contribution is 2.37. The number of carbonyl (C=O) groups excluding carboxylic acids is 1. The maximum atomic E-state index is 12.8. The minimum atomic E-state index is -3.95. The van der Waals surface area contributed by atoms with Crippen molar-refractivity contribution in [1.29, 1.82) is 0 Å². The zero-order valence-corrected chi connectivity index (χ0v) is 18.5. The maximum absolute atomic E-state index is 12.8. The molecule has 0 spiro atoms. The van der Waals surface area contributed by atoms with Crippen LogP contribution in [0.3, 0.4) is 0 Å². The molecule has 0 aromatic heterocycles. The topological polar surface area (TPSA) is 116 Å². The van der Waals surface area contributed by atoms with Crippen LogP contribution in [0.15, 0.2) is 83.8 Å². The van der Waals surface area contributed by atoms with Gasteiger partial charge in [0.25, 0.3) is 5.91 Å². The molecule has 4 rings (SSSR count). The van der Waals surface area contributed by atoms with E-state index in [0.717, 1.165) is 21.1 Å². The van der Waals surface area contributed by atoms with Gasteiger partial charge in [0.2, 0.25) is 10.0 Å². The summed E-state index contributed by atoms with van der Waals surface area (Å²) in [6.45, 7) is -0.638. The van der Waals surface area contributed by atoms with Gasteiger partial charge in [-0.05, 0) is 35.9 Å². The number of benzene rings is 3. The van der Waals surface area contributed by atoms with Gasteiger partial charge in [-0.3, -0.25) is 9.59 Å². The number of likely N-dealkylation sites (N-methyl/N-ethyl adjacent to an activating group) is 1. The number of carbonyl (C=O) groups is 2. The minimum Gasteiger partial charge on any atom is -0.480 e. The molecule has 33 heavy (non-hydrogen) atoms. The summed E-state index contributed by atoms with van der Waals surface area (Å²) in [5.41, 5.74) is 3.90. The Morgan fingerprint density at radius 3 is 2.27 bits per heavy atom. The number of hydrogen-bond acceptors (Lipinski definition) is 5. The van der Waals surface area contributed by atoms with Crippen molar-refractivity contribution in [3.63, 3.8) is 0 Å². The van der Waals surface area contributed by atoms with E-state index in [2.05, 4.69) is 10.6 Å². The number of rotatable bonds is 7. The first kappa shape index (κ1) is 22.3. The Hall–Kier alpha value is -3.95. The molecule has 0 unspecified atom stereocenters. The van der Waals surface area contributed by atoms with Gasteiger partial charge in [-0.25, -0.2) is 8.42 Å². The minimum absolute atomic E-state index is 0.0327.